The minimum absolute atomic E-state index is 0. The van der Waals surface area contributed by atoms with Gasteiger partial charge >= 0.3 is 0 Å². The third-order valence-electron chi connectivity index (χ3n) is 2.28. The predicted octanol–water partition coefficient (Wildman–Crippen LogP) is 2.13. The number of nitrogens with zero attached hydrogens (tertiary/aromatic N) is 2. The van der Waals surface area contributed by atoms with Crippen LogP contribution in [0, 0.1) is 0 Å². The summed E-state index contributed by atoms with van der Waals surface area (Å²) in [7, 11) is 0. The molecule has 1 amide bonds. The third-order valence-corrected chi connectivity index (χ3v) is 3.30. The first-order valence-corrected chi connectivity index (χ1v) is 6.48. The van der Waals surface area contributed by atoms with E-state index in [1.807, 2.05) is 18.2 Å². The summed E-state index contributed by atoms with van der Waals surface area (Å²) in [5.74, 6) is -0.108. The van der Waals surface area contributed by atoms with E-state index >= 15 is 0 Å². The minimum Gasteiger partial charge on any atom is -0.351 e. The van der Waals surface area contributed by atoms with Gasteiger partial charge in [0.15, 0.2) is 0 Å². The van der Waals surface area contributed by atoms with Gasteiger partial charge in [0.2, 0.25) is 0 Å². The summed E-state index contributed by atoms with van der Waals surface area (Å²) in [6.45, 7) is 1.16. The number of pyridine rings is 1. The number of carbonyl (C=O) groups excluding carboxylic acids is 1. The Kier molecular flexibility index (Phi) is 9.07. The fraction of sp³-hybridized carbons (Fsp3) is 0.250. The molecule has 0 aliphatic rings. The number of nitrogens with two attached hydrogens (primary N) is 1. The summed E-state index contributed by atoms with van der Waals surface area (Å²) in [6, 6.07) is 5.61. The van der Waals surface area contributed by atoms with Crippen LogP contribution in [-0.4, -0.2) is 29.0 Å². The van der Waals surface area contributed by atoms with Crippen molar-refractivity contribution in [1.29, 1.82) is 0 Å². The van der Waals surface area contributed by atoms with E-state index in [1.54, 1.807) is 12.4 Å². The normalized spacial score (nSPS) is 9.25. The Morgan fingerprint density at radius 1 is 1.30 bits per heavy atom. The first-order valence-electron chi connectivity index (χ1n) is 5.67. The first kappa shape index (κ1) is 18.8. The van der Waals surface area contributed by atoms with Crippen molar-refractivity contribution >= 4 is 42.1 Å². The molecule has 2 rings (SSSR count). The van der Waals surface area contributed by atoms with E-state index < -0.39 is 0 Å². The fourth-order valence-corrected chi connectivity index (χ4v) is 2.19. The van der Waals surface area contributed by atoms with Gasteiger partial charge in [-0.1, -0.05) is 6.07 Å². The molecule has 2 heterocycles. The monoisotopic (exact) mass is 334 g/mol. The van der Waals surface area contributed by atoms with E-state index in [9.17, 15) is 4.79 Å². The Morgan fingerprint density at radius 3 is 2.75 bits per heavy atom. The number of rotatable bonds is 5. The summed E-state index contributed by atoms with van der Waals surface area (Å²) in [4.78, 5) is 20.8. The second kappa shape index (κ2) is 9.66. The maximum absolute atomic E-state index is 11.8. The molecule has 0 spiro atoms. The van der Waals surface area contributed by atoms with Crippen LogP contribution in [0.2, 0.25) is 0 Å². The van der Waals surface area contributed by atoms with Crippen molar-refractivity contribution in [2.75, 3.05) is 13.1 Å². The van der Waals surface area contributed by atoms with E-state index in [4.69, 9.17) is 5.73 Å². The highest BCUT2D eigenvalue weighted by molar-refractivity contribution is 7.16. The molecule has 5 nitrogen and oxygen atoms in total. The lowest BCUT2D eigenvalue weighted by Crippen LogP contribution is -2.25. The summed E-state index contributed by atoms with van der Waals surface area (Å²) in [5, 5.41) is 3.55. The van der Waals surface area contributed by atoms with Crippen LogP contribution in [0.3, 0.4) is 0 Å². The van der Waals surface area contributed by atoms with Gasteiger partial charge in [-0.2, -0.15) is 0 Å². The molecule has 0 aliphatic heterocycles. The van der Waals surface area contributed by atoms with Crippen LogP contribution in [0.15, 0.2) is 30.6 Å². The number of hydrogen-bond donors (Lipinski definition) is 2. The van der Waals surface area contributed by atoms with Gasteiger partial charge in [0.25, 0.3) is 5.91 Å². The van der Waals surface area contributed by atoms with Gasteiger partial charge in [-0.25, -0.2) is 4.98 Å². The SMILES string of the molecule is Cl.Cl.NCCCNC(=O)c1cnc(-c2ccccn2)s1. The van der Waals surface area contributed by atoms with Crippen molar-refractivity contribution in [1.82, 2.24) is 15.3 Å². The molecular formula is C12H16Cl2N4OS. The molecule has 110 valence electrons. The van der Waals surface area contributed by atoms with Crippen LogP contribution in [0.4, 0.5) is 0 Å². The number of carbonyl (C=O) groups is 1. The molecule has 8 heteroatoms. The maximum atomic E-state index is 11.8. The predicted molar refractivity (Wildman–Crippen MR) is 85.8 cm³/mol. The molecular weight excluding hydrogens is 319 g/mol. The third kappa shape index (κ3) is 5.05. The van der Waals surface area contributed by atoms with Crippen LogP contribution in [-0.2, 0) is 0 Å². The fourth-order valence-electron chi connectivity index (χ4n) is 1.38. The van der Waals surface area contributed by atoms with Crippen molar-refractivity contribution in [3.05, 3.63) is 35.5 Å². The lowest BCUT2D eigenvalue weighted by Gasteiger charge is -2.00. The Labute approximate surface area is 133 Å². The Hall–Kier alpha value is -1.21. The highest BCUT2D eigenvalue weighted by Crippen LogP contribution is 2.22. The molecule has 3 N–H and O–H groups in total. The van der Waals surface area contributed by atoms with Gasteiger partial charge in [0.05, 0.1) is 11.9 Å². The van der Waals surface area contributed by atoms with Crippen molar-refractivity contribution in [3.8, 4) is 10.7 Å². The maximum Gasteiger partial charge on any atom is 0.263 e. The van der Waals surface area contributed by atoms with Crippen molar-refractivity contribution < 1.29 is 4.79 Å². The molecule has 2 aromatic heterocycles. The van der Waals surface area contributed by atoms with Crippen LogP contribution < -0.4 is 11.1 Å². The second-order valence-corrected chi connectivity index (χ2v) is 4.67. The standard InChI is InChI=1S/C12H14N4OS.2ClH/c13-5-3-7-15-11(17)10-8-16-12(18-10)9-4-1-2-6-14-9;;/h1-2,4,6,8H,3,5,7,13H2,(H,15,17);2*1H. The van der Waals surface area contributed by atoms with Crippen molar-refractivity contribution in [2.45, 2.75) is 6.42 Å². The second-order valence-electron chi connectivity index (χ2n) is 3.64. The highest BCUT2D eigenvalue weighted by atomic mass is 35.5. The smallest absolute Gasteiger partial charge is 0.263 e. The van der Waals surface area contributed by atoms with E-state index in [0.29, 0.717) is 18.0 Å². The minimum atomic E-state index is -0.108. The molecule has 0 aromatic carbocycles. The molecule has 0 radical (unpaired) electrons. The summed E-state index contributed by atoms with van der Waals surface area (Å²) < 4.78 is 0. The first-order chi connectivity index (χ1) is 8.81. The van der Waals surface area contributed by atoms with Gasteiger partial charge in [-0.3, -0.25) is 9.78 Å². The highest BCUT2D eigenvalue weighted by Gasteiger charge is 2.11. The van der Waals surface area contributed by atoms with E-state index in [0.717, 1.165) is 17.1 Å². The molecule has 2 aromatic rings. The molecule has 0 saturated heterocycles. The van der Waals surface area contributed by atoms with E-state index in [-0.39, 0.29) is 30.7 Å². The summed E-state index contributed by atoms with van der Waals surface area (Å²) >= 11 is 1.34. The average Bonchev–Trinajstić information content (AvgIpc) is 2.89. The molecule has 20 heavy (non-hydrogen) atoms. The van der Waals surface area contributed by atoms with Gasteiger partial charge < -0.3 is 11.1 Å². The molecule has 0 atom stereocenters. The Bertz CT molecular complexity index is 521. The molecule has 0 bridgehead atoms. The van der Waals surface area contributed by atoms with Gasteiger partial charge in [0.1, 0.15) is 9.88 Å². The van der Waals surface area contributed by atoms with Gasteiger partial charge in [-0.15, -0.1) is 36.2 Å². The lowest BCUT2D eigenvalue weighted by atomic mass is 10.4. The van der Waals surface area contributed by atoms with Gasteiger partial charge in [0, 0.05) is 12.7 Å². The number of hydrogen-bond acceptors (Lipinski definition) is 5. The van der Waals surface area contributed by atoms with Crippen LogP contribution in [0.25, 0.3) is 10.7 Å². The van der Waals surface area contributed by atoms with E-state index in [2.05, 4.69) is 15.3 Å². The van der Waals surface area contributed by atoms with Crippen molar-refractivity contribution in [2.24, 2.45) is 5.73 Å². The zero-order valence-corrected chi connectivity index (χ0v) is 13.1. The number of amides is 1. The summed E-state index contributed by atoms with van der Waals surface area (Å²) in [5.41, 5.74) is 6.15. The summed E-state index contributed by atoms with van der Waals surface area (Å²) in [6.07, 6.45) is 4.06. The number of thiazole rings is 1. The zero-order valence-electron chi connectivity index (χ0n) is 10.6. The number of halogens is 2. The Balaban J connectivity index is 0.00000180. The molecule has 0 unspecified atom stereocenters. The molecule has 0 fully saturated rings. The zero-order chi connectivity index (χ0) is 12.8. The number of nitrogens with one attached hydrogen (secondary N) is 1. The topological polar surface area (TPSA) is 80.9 Å². The lowest BCUT2D eigenvalue weighted by molar-refractivity contribution is 0.0957. The molecule has 0 aliphatic carbocycles. The van der Waals surface area contributed by atoms with E-state index in [1.165, 1.54) is 11.3 Å². The van der Waals surface area contributed by atoms with Crippen LogP contribution in [0.1, 0.15) is 16.1 Å². The van der Waals surface area contributed by atoms with Crippen LogP contribution in [0.5, 0.6) is 0 Å². The quantitative estimate of drug-likeness (QED) is 0.820. The average molecular weight is 335 g/mol. The Morgan fingerprint density at radius 2 is 2.10 bits per heavy atom. The van der Waals surface area contributed by atoms with Gasteiger partial charge in [-0.05, 0) is 25.1 Å². The molecule has 0 saturated carbocycles. The van der Waals surface area contributed by atoms with Crippen LogP contribution >= 0.6 is 36.2 Å². The largest absolute Gasteiger partial charge is 0.351 e. The number of aromatic nitrogens is 2. The van der Waals surface area contributed by atoms with Crippen molar-refractivity contribution in [3.63, 3.8) is 0 Å².